The van der Waals surface area contributed by atoms with Gasteiger partial charge in [-0.05, 0) is 17.2 Å². The minimum absolute atomic E-state index is 0.186. The number of hydrogen-bond donors (Lipinski definition) is 0. The number of fused-ring (bicyclic) bond motifs is 3. The lowest BCUT2D eigenvalue weighted by Crippen LogP contribution is -2.26. The highest BCUT2D eigenvalue weighted by Crippen LogP contribution is 2.53. The highest BCUT2D eigenvalue weighted by atomic mass is 19.3. The molecule has 0 saturated carbocycles. The molecule has 4 heteroatoms. The second-order valence-corrected chi connectivity index (χ2v) is 4.23. The van der Waals surface area contributed by atoms with Crippen LogP contribution in [0.4, 0.5) is 17.6 Å². The summed E-state index contributed by atoms with van der Waals surface area (Å²) in [4.78, 5) is 0. The normalized spacial score (nSPS) is 20.1. The van der Waals surface area contributed by atoms with Crippen LogP contribution in [-0.4, -0.2) is 0 Å². The van der Waals surface area contributed by atoms with Gasteiger partial charge in [-0.2, -0.15) is 8.78 Å². The van der Waals surface area contributed by atoms with Crippen LogP contribution in [0.5, 0.6) is 0 Å². The van der Waals surface area contributed by atoms with Gasteiger partial charge in [0, 0.05) is 11.1 Å². The molecule has 0 heterocycles. The molecule has 1 atom stereocenters. The molecule has 0 spiro atoms. The Balaban J connectivity index is 2.41. The molecule has 0 N–H and O–H groups in total. The summed E-state index contributed by atoms with van der Waals surface area (Å²) in [5, 5.41) is 0. The predicted molar refractivity (Wildman–Crippen MR) is 59.6 cm³/mol. The Labute approximate surface area is 101 Å². The smallest absolute Gasteiger partial charge is 0.235 e. The van der Waals surface area contributed by atoms with Crippen molar-refractivity contribution in [1.82, 2.24) is 0 Å². The quantitative estimate of drug-likeness (QED) is 0.601. The molecule has 0 nitrogen and oxygen atoms in total. The number of halogens is 4. The van der Waals surface area contributed by atoms with Gasteiger partial charge in [0.1, 0.15) is 5.82 Å². The Hall–Kier alpha value is -1.84. The molecule has 3 rings (SSSR count). The molecule has 2 aromatic rings. The Morgan fingerprint density at radius 3 is 2.33 bits per heavy atom. The first kappa shape index (κ1) is 11.3. The third kappa shape index (κ3) is 1.32. The van der Waals surface area contributed by atoms with E-state index in [4.69, 9.17) is 0 Å². The minimum Gasteiger partial charge on any atom is -0.235 e. The maximum Gasteiger partial charge on any atom is 0.308 e. The van der Waals surface area contributed by atoms with Gasteiger partial charge in [-0.15, -0.1) is 0 Å². The van der Waals surface area contributed by atoms with Crippen molar-refractivity contribution in [2.24, 2.45) is 0 Å². The zero-order valence-electron chi connectivity index (χ0n) is 9.13. The standard InChI is InChI=1S/C14H8F4/c15-11-7-3-5-9-8-4-1-2-6-10(8)14(17,18)13(16)12(9)11/h1-7,13H. The van der Waals surface area contributed by atoms with Crippen LogP contribution in [0.25, 0.3) is 11.1 Å². The Kier molecular flexibility index (Phi) is 2.24. The van der Waals surface area contributed by atoms with Gasteiger partial charge in [0.2, 0.25) is 0 Å². The third-order valence-corrected chi connectivity index (χ3v) is 3.20. The second-order valence-electron chi connectivity index (χ2n) is 4.23. The van der Waals surface area contributed by atoms with Crippen LogP contribution in [0.1, 0.15) is 17.3 Å². The largest absolute Gasteiger partial charge is 0.308 e. The van der Waals surface area contributed by atoms with Gasteiger partial charge < -0.3 is 0 Å². The Morgan fingerprint density at radius 2 is 1.56 bits per heavy atom. The average molecular weight is 252 g/mol. The first-order valence-electron chi connectivity index (χ1n) is 5.43. The van der Waals surface area contributed by atoms with Gasteiger partial charge in [0.05, 0.1) is 0 Å². The molecule has 0 aliphatic heterocycles. The van der Waals surface area contributed by atoms with E-state index in [9.17, 15) is 17.6 Å². The van der Waals surface area contributed by atoms with E-state index >= 15 is 0 Å². The molecule has 1 aliphatic rings. The van der Waals surface area contributed by atoms with Crippen molar-refractivity contribution in [1.29, 1.82) is 0 Å². The monoisotopic (exact) mass is 252 g/mol. The lowest BCUT2D eigenvalue weighted by atomic mass is 9.82. The first-order valence-corrected chi connectivity index (χ1v) is 5.43. The van der Waals surface area contributed by atoms with Crippen LogP contribution >= 0.6 is 0 Å². The van der Waals surface area contributed by atoms with Crippen molar-refractivity contribution in [2.45, 2.75) is 12.1 Å². The second kappa shape index (κ2) is 3.57. The number of rotatable bonds is 0. The molecule has 18 heavy (non-hydrogen) atoms. The van der Waals surface area contributed by atoms with Crippen molar-refractivity contribution in [3.63, 3.8) is 0 Å². The summed E-state index contributed by atoms with van der Waals surface area (Å²) in [6.07, 6.45) is -2.65. The van der Waals surface area contributed by atoms with Crippen molar-refractivity contribution in [3.05, 3.63) is 59.4 Å². The number of hydrogen-bond acceptors (Lipinski definition) is 0. The maximum atomic E-state index is 13.9. The SMILES string of the molecule is Fc1cccc2c1C(F)C(F)(F)c1ccccc1-2. The maximum absolute atomic E-state index is 13.9. The summed E-state index contributed by atoms with van der Waals surface area (Å²) < 4.78 is 55.3. The molecule has 0 bridgehead atoms. The van der Waals surface area contributed by atoms with E-state index in [1.165, 1.54) is 30.3 Å². The summed E-state index contributed by atoms with van der Waals surface area (Å²) in [5.74, 6) is -4.64. The molecule has 0 aromatic heterocycles. The molecule has 1 aliphatic carbocycles. The highest BCUT2D eigenvalue weighted by molar-refractivity contribution is 5.75. The van der Waals surface area contributed by atoms with E-state index in [1.54, 1.807) is 6.07 Å². The van der Waals surface area contributed by atoms with Gasteiger partial charge in [-0.25, -0.2) is 8.78 Å². The van der Waals surface area contributed by atoms with Gasteiger partial charge in [-0.1, -0.05) is 36.4 Å². The highest BCUT2D eigenvalue weighted by Gasteiger charge is 2.49. The summed E-state index contributed by atoms with van der Waals surface area (Å²) in [5.41, 5.74) is -0.563. The summed E-state index contributed by atoms with van der Waals surface area (Å²) >= 11 is 0. The fraction of sp³-hybridized carbons (Fsp3) is 0.143. The minimum atomic E-state index is -3.70. The first-order chi connectivity index (χ1) is 8.53. The van der Waals surface area contributed by atoms with Crippen molar-refractivity contribution < 1.29 is 17.6 Å². The van der Waals surface area contributed by atoms with Gasteiger partial charge in [0.15, 0.2) is 6.17 Å². The Morgan fingerprint density at radius 1 is 0.889 bits per heavy atom. The molecule has 0 fully saturated rings. The zero-order valence-corrected chi connectivity index (χ0v) is 9.13. The Bertz CT molecular complexity index is 619. The summed E-state index contributed by atoms with van der Waals surface area (Å²) in [7, 11) is 0. The van der Waals surface area contributed by atoms with Gasteiger partial charge >= 0.3 is 5.92 Å². The molecular formula is C14H8F4. The lowest BCUT2D eigenvalue weighted by molar-refractivity contribution is -0.0834. The van der Waals surface area contributed by atoms with Gasteiger partial charge in [0.25, 0.3) is 0 Å². The van der Waals surface area contributed by atoms with Crippen molar-refractivity contribution >= 4 is 0 Å². The van der Waals surface area contributed by atoms with Crippen molar-refractivity contribution in [3.8, 4) is 11.1 Å². The average Bonchev–Trinajstić information content (AvgIpc) is 2.36. The summed E-state index contributed by atoms with van der Waals surface area (Å²) in [6.45, 7) is 0. The topological polar surface area (TPSA) is 0 Å². The van der Waals surface area contributed by atoms with E-state index in [0.29, 0.717) is 0 Å². The van der Waals surface area contributed by atoms with Crippen LogP contribution in [-0.2, 0) is 5.92 Å². The van der Waals surface area contributed by atoms with E-state index in [-0.39, 0.29) is 11.1 Å². The number of alkyl halides is 3. The molecule has 92 valence electrons. The van der Waals surface area contributed by atoms with Crippen LogP contribution in [0.15, 0.2) is 42.5 Å². The molecular weight excluding hydrogens is 244 g/mol. The van der Waals surface area contributed by atoms with Crippen LogP contribution < -0.4 is 0 Å². The number of benzene rings is 2. The fourth-order valence-electron chi connectivity index (χ4n) is 2.36. The van der Waals surface area contributed by atoms with Crippen LogP contribution in [0.3, 0.4) is 0 Å². The van der Waals surface area contributed by atoms with Gasteiger partial charge in [-0.3, -0.25) is 0 Å². The fourth-order valence-corrected chi connectivity index (χ4v) is 2.36. The van der Waals surface area contributed by atoms with E-state index in [2.05, 4.69) is 0 Å². The molecule has 1 unspecified atom stereocenters. The predicted octanol–water partition coefficient (Wildman–Crippen LogP) is 4.61. The lowest BCUT2D eigenvalue weighted by Gasteiger charge is -2.30. The molecule has 0 radical (unpaired) electrons. The molecule has 2 aromatic carbocycles. The van der Waals surface area contributed by atoms with E-state index in [1.807, 2.05) is 0 Å². The summed E-state index contributed by atoms with van der Waals surface area (Å²) in [6, 6.07) is 9.46. The molecule has 0 saturated heterocycles. The van der Waals surface area contributed by atoms with E-state index in [0.717, 1.165) is 6.07 Å². The van der Waals surface area contributed by atoms with Crippen LogP contribution in [0.2, 0.25) is 0 Å². The third-order valence-electron chi connectivity index (χ3n) is 3.20. The van der Waals surface area contributed by atoms with E-state index < -0.39 is 29.0 Å². The molecule has 0 amide bonds. The van der Waals surface area contributed by atoms with Crippen LogP contribution in [0, 0.1) is 5.82 Å². The van der Waals surface area contributed by atoms with Crippen molar-refractivity contribution in [2.75, 3.05) is 0 Å². The zero-order chi connectivity index (χ0) is 12.9.